The van der Waals surface area contributed by atoms with Gasteiger partial charge in [-0.3, -0.25) is 9.59 Å². The molecule has 0 fully saturated rings. The molecule has 2 aromatic carbocycles. The first-order chi connectivity index (χ1) is 13.7. The van der Waals surface area contributed by atoms with E-state index in [-0.39, 0.29) is 13.3 Å². The van der Waals surface area contributed by atoms with E-state index in [0.717, 1.165) is 12.0 Å². The molecule has 28 heavy (non-hydrogen) atoms. The molecule has 0 saturated carbocycles. The van der Waals surface area contributed by atoms with E-state index in [0.29, 0.717) is 29.4 Å². The summed E-state index contributed by atoms with van der Waals surface area (Å²) in [6, 6.07) is 12.2. The van der Waals surface area contributed by atoms with Crippen molar-refractivity contribution in [2.45, 2.75) is 13.3 Å². The summed E-state index contributed by atoms with van der Waals surface area (Å²) in [5.41, 5.74) is 3.51. The van der Waals surface area contributed by atoms with Gasteiger partial charge in [-0.1, -0.05) is 19.1 Å². The standard InChI is InChI=1S/C20H21N3O5/c1-2-9-26-16-6-4-3-5-15(16)11-22-23-19(24)12-21-20(25)14-7-8-17-18(10-14)28-13-27-17/h3-8,10-11H,2,9,12-13H2,1H3,(H,21,25)(H,23,24)/b22-11+. The zero-order valence-electron chi connectivity index (χ0n) is 15.4. The number of para-hydroxylation sites is 1. The molecule has 2 aromatic rings. The van der Waals surface area contributed by atoms with E-state index in [1.165, 1.54) is 6.21 Å². The molecule has 0 unspecified atom stereocenters. The van der Waals surface area contributed by atoms with Gasteiger partial charge in [-0.25, -0.2) is 5.43 Å². The predicted molar refractivity (Wildman–Crippen MR) is 103 cm³/mol. The number of nitrogens with zero attached hydrogens (tertiary/aromatic N) is 1. The fraction of sp³-hybridized carbons (Fsp3) is 0.250. The number of amides is 2. The van der Waals surface area contributed by atoms with Crippen molar-refractivity contribution in [2.75, 3.05) is 19.9 Å². The molecule has 1 heterocycles. The fourth-order valence-electron chi connectivity index (χ4n) is 2.44. The molecule has 0 radical (unpaired) electrons. The highest BCUT2D eigenvalue weighted by molar-refractivity contribution is 5.97. The number of benzene rings is 2. The van der Waals surface area contributed by atoms with Gasteiger partial charge in [0.1, 0.15) is 5.75 Å². The Balaban J connectivity index is 1.48. The Morgan fingerprint density at radius 2 is 2.00 bits per heavy atom. The van der Waals surface area contributed by atoms with E-state index in [1.54, 1.807) is 18.2 Å². The molecule has 0 atom stereocenters. The normalized spacial score (nSPS) is 12.0. The molecule has 1 aliphatic heterocycles. The average Bonchev–Trinajstić information content (AvgIpc) is 3.19. The second-order valence-corrected chi connectivity index (χ2v) is 5.93. The molecular formula is C20H21N3O5. The van der Waals surface area contributed by atoms with Crippen LogP contribution in [0.15, 0.2) is 47.6 Å². The SMILES string of the molecule is CCCOc1ccccc1/C=N/NC(=O)CNC(=O)c1ccc2c(c1)OCO2. The van der Waals surface area contributed by atoms with Crippen molar-refractivity contribution < 1.29 is 23.8 Å². The lowest BCUT2D eigenvalue weighted by Crippen LogP contribution is -2.34. The second kappa shape index (κ2) is 9.40. The Bertz CT molecular complexity index is 882. The summed E-state index contributed by atoms with van der Waals surface area (Å²) < 4.78 is 16.1. The average molecular weight is 383 g/mol. The van der Waals surface area contributed by atoms with Crippen molar-refractivity contribution >= 4 is 18.0 Å². The summed E-state index contributed by atoms with van der Waals surface area (Å²) in [4.78, 5) is 24.0. The number of rotatable bonds is 8. The van der Waals surface area contributed by atoms with Crippen LogP contribution in [0.5, 0.6) is 17.2 Å². The number of carbonyl (C=O) groups is 2. The molecule has 0 aromatic heterocycles. The second-order valence-electron chi connectivity index (χ2n) is 5.93. The lowest BCUT2D eigenvalue weighted by atomic mass is 10.2. The smallest absolute Gasteiger partial charge is 0.259 e. The summed E-state index contributed by atoms with van der Waals surface area (Å²) >= 11 is 0. The fourth-order valence-corrected chi connectivity index (χ4v) is 2.44. The van der Waals surface area contributed by atoms with Crippen LogP contribution in [-0.4, -0.2) is 38.0 Å². The summed E-state index contributed by atoms with van der Waals surface area (Å²) in [6.45, 7) is 2.55. The molecule has 3 rings (SSSR count). The van der Waals surface area contributed by atoms with Gasteiger partial charge >= 0.3 is 0 Å². The molecule has 0 bridgehead atoms. The first-order valence-corrected chi connectivity index (χ1v) is 8.89. The van der Waals surface area contributed by atoms with Crippen LogP contribution in [0.2, 0.25) is 0 Å². The van der Waals surface area contributed by atoms with Gasteiger partial charge in [0.05, 0.1) is 19.4 Å². The van der Waals surface area contributed by atoms with Gasteiger partial charge in [-0.2, -0.15) is 5.10 Å². The van der Waals surface area contributed by atoms with Crippen LogP contribution in [0, 0.1) is 0 Å². The first kappa shape index (κ1) is 19.2. The Morgan fingerprint density at radius 3 is 2.86 bits per heavy atom. The minimum atomic E-state index is -0.447. The molecule has 2 amide bonds. The maximum Gasteiger partial charge on any atom is 0.259 e. The summed E-state index contributed by atoms with van der Waals surface area (Å²) in [7, 11) is 0. The third kappa shape index (κ3) is 5.00. The highest BCUT2D eigenvalue weighted by Crippen LogP contribution is 2.32. The van der Waals surface area contributed by atoms with Crippen LogP contribution in [0.1, 0.15) is 29.3 Å². The van der Waals surface area contributed by atoms with Gasteiger partial charge in [0.2, 0.25) is 6.79 Å². The van der Waals surface area contributed by atoms with Gasteiger partial charge < -0.3 is 19.5 Å². The van der Waals surface area contributed by atoms with Crippen molar-refractivity contribution in [2.24, 2.45) is 5.10 Å². The van der Waals surface area contributed by atoms with Crippen LogP contribution in [-0.2, 0) is 4.79 Å². The number of nitrogens with one attached hydrogen (secondary N) is 2. The number of fused-ring (bicyclic) bond motifs is 1. The Hall–Kier alpha value is -3.55. The molecular weight excluding hydrogens is 362 g/mol. The third-order valence-corrected chi connectivity index (χ3v) is 3.82. The van der Waals surface area contributed by atoms with Gasteiger partial charge in [-0.05, 0) is 36.8 Å². The summed E-state index contributed by atoms with van der Waals surface area (Å²) in [5, 5.41) is 6.45. The molecule has 0 aliphatic carbocycles. The number of hydrogen-bond acceptors (Lipinski definition) is 6. The minimum absolute atomic E-state index is 0.132. The van der Waals surface area contributed by atoms with Crippen LogP contribution in [0.3, 0.4) is 0 Å². The molecule has 8 heteroatoms. The van der Waals surface area contributed by atoms with Crippen molar-refractivity contribution in [3.05, 3.63) is 53.6 Å². The molecule has 2 N–H and O–H groups in total. The van der Waals surface area contributed by atoms with Crippen molar-refractivity contribution in [1.29, 1.82) is 0 Å². The highest BCUT2D eigenvalue weighted by atomic mass is 16.7. The number of ether oxygens (including phenoxy) is 3. The molecule has 1 aliphatic rings. The van der Waals surface area contributed by atoms with E-state index in [2.05, 4.69) is 15.8 Å². The van der Waals surface area contributed by atoms with E-state index in [9.17, 15) is 9.59 Å². The topological polar surface area (TPSA) is 98.2 Å². The number of carbonyl (C=O) groups excluding carboxylic acids is 2. The van der Waals surface area contributed by atoms with E-state index < -0.39 is 11.8 Å². The van der Waals surface area contributed by atoms with Crippen LogP contribution >= 0.6 is 0 Å². The molecule has 0 spiro atoms. The molecule has 8 nitrogen and oxygen atoms in total. The van der Waals surface area contributed by atoms with Crippen molar-refractivity contribution in [3.8, 4) is 17.2 Å². The minimum Gasteiger partial charge on any atom is -0.493 e. The Labute approximate surface area is 162 Å². The lowest BCUT2D eigenvalue weighted by Gasteiger charge is -2.07. The van der Waals surface area contributed by atoms with E-state index in [4.69, 9.17) is 14.2 Å². The maximum atomic E-state index is 12.1. The van der Waals surface area contributed by atoms with Gasteiger partial charge in [0.25, 0.3) is 11.8 Å². The summed E-state index contributed by atoms with van der Waals surface area (Å²) in [5.74, 6) is 0.948. The molecule has 0 saturated heterocycles. The quantitative estimate of drug-likeness (QED) is 0.537. The Morgan fingerprint density at radius 1 is 1.18 bits per heavy atom. The van der Waals surface area contributed by atoms with Gasteiger partial charge in [-0.15, -0.1) is 0 Å². The van der Waals surface area contributed by atoms with Gasteiger partial charge in [0.15, 0.2) is 11.5 Å². The summed E-state index contributed by atoms with van der Waals surface area (Å²) in [6.07, 6.45) is 2.40. The zero-order chi connectivity index (χ0) is 19.8. The van der Waals surface area contributed by atoms with E-state index >= 15 is 0 Å². The highest BCUT2D eigenvalue weighted by Gasteiger charge is 2.16. The first-order valence-electron chi connectivity index (χ1n) is 8.89. The monoisotopic (exact) mass is 383 g/mol. The maximum absolute atomic E-state index is 12.1. The van der Waals surface area contributed by atoms with Gasteiger partial charge in [0, 0.05) is 11.1 Å². The van der Waals surface area contributed by atoms with E-state index in [1.807, 2.05) is 31.2 Å². The van der Waals surface area contributed by atoms with Crippen molar-refractivity contribution in [3.63, 3.8) is 0 Å². The third-order valence-electron chi connectivity index (χ3n) is 3.82. The van der Waals surface area contributed by atoms with Crippen LogP contribution in [0.4, 0.5) is 0 Å². The zero-order valence-corrected chi connectivity index (χ0v) is 15.4. The van der Waals surface area contributed by atoms with Crippen molar-refractivity contribution in [1.82, 2.24) is 10.7 Å². The number of hydrazone groups is 1. The van der Waals surface area contributed by atoms with Crippen LogP contribution in [0.25, 0.3) is 0 Å². The lowest BCUT2D eigenvalue weighted by molar-refractivity contribution is -0.120. The molecule has 146 valence electrons. The largest absolute Gasteiger partial charge is 0.493 e. The number of hydrogen-bond donors (Lipinski definition) is 2. The van der Waals surface area contributed by atoms with Crippen LogP contribution < -0.4 is 25.0 Å². The predicted octanol–water partition coefficient (Wildman–Crippen LogP) is 2.08. The Kier molecular flexibility index (Phi) is 6.46.